The van der Waals surface area contributed by atoms with Gasteiger partial charge in [-0.15, -0.1) is 0 Å². The molecule has 2 rings (SSSR count). The highest BCUT2D eigenvalue weighted by Gasteiger charge is 2.15. The van der Waals surface area contributed by atoms with Gasteiger partial charge in [-0.05, 0) is 37.6 Å². The van der Waals surface area contributed by atoms with Crippen molar-refractivity contribution in [3.8, 4) is 17.6 Å². The molecule has 0 fully saturated rings. The number of sulfonamides is 1. The SMILES string of the molecule is Cc1ccc(S(=O)(=O)NCC#CCOc2ccccc2Cl)c(C)c1. The van der Waals surface area contributed by atoms with Crippen LogP contribution in [-0.4, -0.2) is 21.6 Å². The Labute approximate surface area is 147 Å². The molecule has 1 N–H and O–H groups in total. The summed E-state index contributed by atoms with van der Waals surface area (Å²) in [6.45, 7) is 3.84. The Morgan fingerprint density at radius 2 is 1.88 bits per heavy atom. The minimum Gasteiger partial charge on any atom is -0.479 e. The molecule has 24 heavy (non-hydrogen) atoms. The van der Waals surface area contributed by atoms with Crippen LogP contribution in [0.4, 0.5) is 0 Å². The molecule has 0 unspecified atom stereocenters. The standard InChI is InChI=1S/C18H18ClNO3S/c1-14-9-10-18(15(2)13-14)24(21,22)20-11-5-6-12-23-17-8-4-3-7-16(17)19/h3-4,7-10,13,20H,11-12H2,1-2H3. The molecular weight excluding hydrogens is 346 g/mol. The molecule has 0 heterocycles. The zero-order chi connectivity index (χ0) is 17.6. The molecule has 4 nitrogen and oxygen atoms in total. The smallest absolute Gasteiger partial charge is 0.241 e. The van der Waals surface area contributed by atoms with E-state index in [0.717, 1.165) is 5.56 Å². The summed E-state index contributed by atoms with van der Waals surface area (Å²) >= 11 is 5.95. The fourth-order valence-electron chi connectivity index (χ4n) is 2.10. The highest BCUT2D eigenvalue weighted by atomic mass is 35.5. The van der Waals surface area contributed by atoms with Crippen LogP contribution in [0.15, 0.2) is 47.4 Å². The minimum absolute atomic E-state index is 0.0154. The third-order valence-electron chi connectivity index (χ3n) is 3.23. The van der Waals surface area contributed by atoms with Crippen LogP contribution in [0, 0.1) is 25.7 Å². The summed E-state index contributed by atoms with van der Waals surface area (Å²) in [5, 5.41) is 0.509. The highest BCUT2D eigenvalue weighted by molar-refractivity contribution is 7.89. The number of halogens is 1. The molecule has 0 saturated carbocycles. The van der Waals surface area contributed by atoms with Gasteiger partial charge < -0.3 is 4.74 Å². The summed E-state index contributed by atoms with van der Waals surface area (Å²) in [4.78, 5) is 0.266. The van der Waals surface area contributed by atoms with Crippen LogP contribution in [0.3, 0.4) is 0 Å². The fraction of sp³-hybridized carbons (Fsp3) is 0.222. The summed E-state index contributed by atoms with van der Waals surface area (Å²) in [5.74, 6) is 6.02. The second-order valence-corrected chi connectivity index (χ2v) is 7.31. The predicted octanol–water partition coefficient (Wildman–Crippen LogP) is 3.32. The number of hydrogen-bond donors (Lipinski definition) is 1. The molecule has 6 heteroatoms. The van der Waals surface area contributed by atoms with E-state index in [9.17, 15) is 8.42 Å². The number of rotatable bonds is 5. The first-order valence-corrected chi connectivity index (χ1v) is 9.16. The lowest BCUT2D eigenvalue weighted by molar-refractivity contribution is 0.370. The Balaban J connectivity index is 1.89. The number of para-hydroxylation sites is 1. The van der Waals surface area contributed by atoms with Crippen molar-refractivity contribution in [3.05, 3.63) is 58.6 Å². The predicted molar refractivity (Wildman–Crippen MR) is 95.8 cm³/mol. The molecule has 2 aromatic carbocycles. The molecule has 0 saturated heterocycles. The van der Waals surface area contributed by atoms with E-state index in [1.54, 1.807) is 31.2 Å². The van der Waals surface area contributed by atoms with Crippen LogP contribution in [-0.2, 0) is 10.0 Å². The van der Waals surface area contributed by atoms with E-state index in [4.69, 9.17) is 16.3 Å². The van der Waals surface area contributed by atoms with Crippen molar-refractivity contribution in [3.63, 3.8) is 0 Å². The molecule has 0 aromatic heterocycles. The molecule has 2 aromatic rings. The molecule has 0 spiro atoms. The Hall–Kier alpha value is -2.00. The van der Waals surface area contributed by atoms with Gasteiger partial charge in [-0.25, -0.2) is 8.42 Å². The third kappa shape index (κ3) is 5.00. The van der Waals surface area contributed by atoms with Gasteiger partial charge in [-0.3, -0.25) is 0 Å². The molecule has 0 bridgehead atoms. The van der Waals surface area contributed by atoms with E-state index in [0.29, 0.717) is 16.3 Å². The average molecular weight is 364 g/mol. The van der Waals surface area contributed by atoms with Crippen LogP contribution in [0.1, 0.15) is 11.1 Å². The van der Waals surface area contributed by atoms with Gasteiger partial charge in [0, 0.05) is 0 Å². The van der Waals surface area contributed by atoms with Gasteiger partial charge in [0.25, 0.3) is 0 Å². The van der Waals surface area contributed by atoms with Crippen LogP contribution < -0.4 is 9.46 Å². The van der Waals surface area contributed by atoms with Crippen LogP contribution in [0.2, 0.25) is 5.02 Å². The number of benzene rings is 2. The maximum absolute atomic E-state index is 12.2. The second-order valence-electron chi connectivity index (χ2n) is 5.17. The molecule has 0 aliphatic rings. The number of aryl methyl sites for hydroxylation is 2. The van der Waals surface area contributed by atoms with Gasteiger partial charge in [-0.2, -0.15) is 4.72 Å². The molecule has 0 amide bonds. The number of ether oxygens (including phenoxy) is 1. The van der Waals surface area contributed by atoms with Crippen LogP contribution >= 0.6 is 11.6 Å². The first-order valence-electron chi connectivity index (χ1n) is 7.30. The molecule has 126 valence electrons. The normalized spacial score (nSPS) is 10.8. The van der Waals surface area contributed by atoms with Gasteiger partial charge in [-0.1, -0.05) is 53.3 Å². The molecule has 0 aliphatic heterocycles. The van der Waals surface area contributed by atoms with Crippen molar-refractivity contribution in [1.29, 1.82) is 0 Å². The number of hydrogen-bond acceptors (Lipinski definition) is 3. The van der Waals surface area contributed by atoms with Gasteiger partial charge >= 0.3 is 0 Å². The Morgan fingerprint density at radius 1 is 1.12 bits per heavy atom. The Bertz CT molecular complexity index is 883. The average Bonchev–Trinajstić information content (AvgIpc) is 2.52. The monoisotopic (exact) mass is 363 g/mol. The lowest BCUT2D eigenvalue weighted by atomic mass is 10.2. The molecule has 0 atom stereocenters. The summed E-state index contributed by atoms with van der Waals surface area (Å²) in [5.41, 5.74) is 1.72. The van der Waals surface area contributed by atoms with E-state index >= 15 is 0 Å². The van der Waals surface area contributed by atoms with E-state index in [2.05, 4.69) is 16.6 Å². The zero-order valence-electron chi connectivity index (χ0n) is 13.5. The maximum Gasteiger partial charge on any atom is 0.241 e. The number of nitrogens with one attached hydrogen (secondary N) is 1. The van der Waals surface area contributed by atoms with Gasteiger partial charge in [0.2, 0.25) is 10.0 Å². The van der Waals surface area contributed by atoms with Crippen LogP contribution in [0.25, 0.3) is 0 Å². The van der Waals surface area contributed by atoms with Crippen molar-refractivity contribution < 1.29 is 13.2 Å². The van der Waals surface area contributed by atoms with E-state index in [-0.39, 0.29) is 18.0 Å². The summed E-state index contributed by atoms with van der Waals surface area (Å²) in [7, 11) is -3.57. The van der Waals surface area contributed by atoms with Crippen molar-refractivity contribution >= 4 is 21.6 Å². The van der Waals surface area contributed by atoms with E-state index in [1.807, 2.05) is 25.1 Å². The van der Waals surface area contributed by atoms with Gasteiger partial charge in [0.15, 0.2) is 0 Å². The zero-order valence-corrected chi connectivity index (χ0v) is 15.0. The highest BCUT2D eigenvalue weighted by Crippen LogP contribution is 2.22. The van der Waals surface area contributed by atoms with E-state index < -0.39 is 10.0 Å². The largest absolute Gasteiger partial charge is 0.479 e. The summed E-state index contributed by atoms with van der Waals surface area (Å²) in [6.07, 6.45) is 0. The quantitative estimate of drug-likeness (QED) is 0.829. The van der Waals surface area contributed by atoms with Gasteiger partial charge in [0.05, 0.1) is 16.5 Å². The van der Waals surface area contributed by atoms with Crippen molar-refractivity contribution in [2.45, 2.75) is 18.7 Å². The minimum atomic E-state index is -3.57. The van der Waals surface area contributed by atoms with Gasteiger partial charge in [0.1, 0.15) is 12.4 Å². The fourth-order valence-corrected chi connectivity index (χ4v) is 3.44. The molecular formula is C18H18ClNO3S. The molecule has 0 radical (unpaired) electrons. The Kier molecular flexibility index (Phi) is 6.27. The first kappa shape index (κ1) is 18.3. The molecule has 0 aliphatic carbocycles. The maximum atomic E-state index is 12.2. The van der Waals surface area contributed by atoms with Crippen molar-refractivity contribution in [2.24, 2.45) is 0 Å². The van der Waals surface area contributed by atoms with Crippen LogP contribution in [0.5, 0.6) is 5.75 Å². The third-order valence-corrected chi connectivity index (χ3v) is 5.11. The van der Waals surface area contributed by atoms with E-state index in [1.165, 1.54) is 0 Å². The summed E-state index contributed by atoms with van der Waals surface area (Å²) in [6, 6.07) is 12.3. The van der Waals surface area contributed by atoms with Crippen molar-refractivity contribution in [2.75, 3.05) is 13.2 Å². The lowest BCUT2D eigenvalue weighted by Crippen LogP contribution is -2.24. The summed E-state index contributed by atoms with van der Waals surface area (Å²) < 4.78 is 32.3. The second kappa shape index (κ2) is 8.20. The Morgan fingerprint density at radius 3 is 2.58 bits per heavy atom. The van der Waals surface area contributed by atoms with Crippen molar-refractivity contribution in [1.82, 2.24) is 4.72 Å². The first-order chi connectivity index (χ1) is 11.4. The topological polar surface area (TPSA) is 55.4 Å². The lowest BCUT2D eigenvalue weighted by Gasteiger charge is -2.08.